The van der Waals surface area contributed by atoms with Crippen LogP contribution < -0.4 is 10.1 Å². The molecule has 0 saturated carbocycles. The van der Waals surface area contributed by atoms with Crippen LogP contribution in [0.1, 0.15) is 16.7 Å². The number of aliphatic hydroxyl groups excluding tert-OH is 1. The highest BCUT2D eigenvalue weighted by Crippen LogP contribution is 2.22. The van der Waals surface area contributed by atoms with E-state index in [0.717, 1.165) is 11.3 Å². The number of aliphatic hydroxyl groups is 1. The summed E-state index contributed by atoms with van der Waals surface area (Å²) in [4.78, 5) is 0. The second-order valence-electron chi connectivity index (χ2n) is 3.33. The lowest BCUT2D eigenvalue weighted by atomic mass is 10.1. The van der Waals surface area contributed by atoms with Crippen LogP contribution in [-0.2, 0) is 6.54 Å². The van der Waals surface area contributed by atoms with Crippen molar-refractivity contribution < 1.29 is 9.84 Å². The van der Waals surface area contributed by atoms with E-state index in [4.69, 9.17) is 9.84 Å². The van der Waals surface area contributed by atoms with Crippen molar-refractivity contribution >= 4 is 0 Å². The highest BCUT2D eigenvalue weighted by Gasteiger charge is 2.04. The quantitative estimate of drug-likeness (QED) is 0.713. The zero-order valence-electron chi connectivity index (χ0n) is 8.92. The van der Waals surface area contributed by atoms with Gasteiger partial charge in [0.15, 0.2) is 0 Å². The van der Waals surface area contributed by atoms with Crippen LogP contribution in [0.2, 0.25) is 0 Å². The molecule has 0 fully saturated rings. The summed E-state index contributed by atoms with van der Waals surface area (Å²) in [5.74, 6) is 0.869. The lowest BCUT2D eigenvalue weighted by Gasteiger charge is -2.11. The Bertz CT molecular complexity index is 310. The molecule has 1 aromatic rings. The zero-order valence-corrected chi connectivity index (χ0v) is 8.92. The molecular weight excluding hydrogens is 178 g/mol. The first kappa shape index (κ1) is 11.0. The Balaban J connectivity index is 2.95. The number of hydrogen-bond acceptors (Lipinski definition) is 3. The number of methoxy groups -OCH3 is 1. The summed E-state index contributed by atoms with van der Waals surface area (Å²) in [5.41, 5.74) is 3.53. The standard InChI is InChI=1S/C11H17NO2/c1-8-4-10(6-12-7-13)11(14-3)5-9(8)2/h4-5,12-13H,6-7H2,1-3H3. The minimum Gasteiger partial charge on any atom is -0.496 e. The molecule has 0 radical (unpaired) electrons. The molecule has 0 amide bonds. The average molecular weight is 195 g/mol. The molecule has 1 aromatic carbocycles. The predicted molar refractivity (Wildman–Crippen MR) is 56.4 cm³/mol. The summed E-state index contributed by atoms with van der Waals surface area (Å²) in [6.07, 6.45) is 0. The highest BCUT2D eigenvalue weighted by molar-refractivity contribution is 5.41. The van der Waals surface area contributed by atoms with Crippen LogP contribution in [0.25, 0.3) is 0 Å². The number of rotatable bonds is 4. The fourth-order valence-corrected chi connectivity index (χ4v) is 1.37. The van der Waals surface area contributed by atoms with Crippen LogP contribution in [0, 0.1) is 13.8 Å². The first-order valence-corrected chi connectivity index (χ1v) is 4.64. The van der Waals surface area contributed by atoms with E-state index in [9.17, 15) is 0 Å². The summed E-state index contributed by atoms with van der Waals surface area (Å²) in [6, 6.07) is 4.10. The maximum Gasteiger partial charge on any atom is 0.123 e. The molecule has 1 rings (SSSR count). The Morgan fingerprint density at radius 2 is 1.93 bits per heavy atom. The second kappa shape index (κ2) is 4.98. The number of ether oxygens (including phenoxy) is 1. The van der Waals surface area contributed by atoms with Gasteiger partial charge < -0.3 is 9.84 Å². The molecule has 0 bridgehead atoms. The number of aryl methyl sites for hydroxylation is 2. The molecule has 0 atom stereocenters. The molecule has 0 aliphatic carbocycles. The first-order valence-electron chi connectivity index (χ1n) is 4.64. The van der Waals surface area contributed by atoms with Crippen molar-refractivity contribution in [2.75, 3.05) is 13.8 Å². The number of benzene rings is 1. The molecule has 0 heterocycles. The average Bonchev–Trinajstić information content (AvgIpc) is 2.19. The van der Waals surface area contributed by atoms with Crippen molar-refractivity contribution in [3.05, 3.63) is 28.8 Å². The van der Waals surface area contributed by atoms with E-state index >= 15 is 0 Å². The first-order chi connectivity index (χ1) is 6.69. The van der Waals surface area contributed by atoms with Gasteiger partial charge in [-0.15, -0.1) is 0 Å². The van der Waals surface area contributed by atoms with Gasteiger partial charge in [0.2, 0.25) is 0 Å². The molecular formula is C11H17NO2. The molecule has 14 heavy (non-hydrogen) atoms. The van der Waals surface area contributed by atoms with E-state index in [1.165, 1.54) is 11.1 Å². The zero-order chi connectivity index (χ0) is 10.6. The minimum absolute atomic E-state index is 0.0178. The molecule has 78 valence electrons. The highest BCUT2D eigenvalue weighted by atomic mass is 16.5. The van der Waals surface area contributed by atoms with Gasteiger partial charge >= 0.3 is 0 Å². The van der Waals surface area contributed by atoms with Gasteiger partial charge in [-0.2, -0.15) is 0 Å². The molecule has 3 heteroatoms. The molecule has 0 aliphatic heterocycles. The van der Waals surface area contributed by atoms with Crippen LogP contribution >= 0.6 is 0 Å². The molecule has 3 nitrogen and oxygen atoms in total. The Morgan fingerprint density at radius 3 is 2.50 bits per heavy atom. The van der Waals surface area contributed by atoms with E-state index < -0.39 is 0 Å². The topological polar surface area (TPSA) is 41.5 Å². The number of nitrogens with one attached hydrogen (secondary N) is 1. The van der Waals surface area contributed by atoms with Crippen molar-refractivity contribution in [2.45, 2.75) is 20.4 Å². The van der Waals surface area contributed by atoms with Crippen molar-refractivity contribution in [3.63, 3.8) is 0 Å². The lowest BCUT2D eigenvalue weighted by molar-refractivity contribution is 0.258. The third-order valence-electron chi connectivity index (χ3n) is 2.32. The SMILES string of the molecule is COc1cc(C)c(C)cc1CNCO. The van der Waals surface area contributed by atoms with Crippen LogP contribution in [0.4, 0.5) is 0 Å². The van der Waals surface area contributed by atoms with Crippen molar-refractivity contribution in [1.29, 1.82) is 0 Å². The Hall–Kier alpha value is -1.06. The Morgan fingerprint density at radius 1 is 1.29 bits per heavy atom. The van der Waals surface area contributed by atoms with E-state index in [0.29, 0.717) is 6.54 Å². The van der Waals surface area contributed by atoms with Gasteiger partial charge in [0.05, 0.1) is 13.8 Å². The summed E-state index contributed by atoms with van der Waals surface area (Å²) in [5, 5.41) is 11.5. The smallest absolute Gasteiger partial charge is 0.123 e. The fraction of sp³-hybridized carbons (Fsp3) is 0.455. The van der Waals surface area contributed by atoms with Crippen LogP contribution in [0.3, 0.4) is 0 Å². The normalized spacial score (nSPS) is 10.3. The van der Waals surface area contributed by atoms with Crippen LogP contribution in [0.15, 0.2) is 12.1 Å². The Labute approximate surface area is 84.7 Å². The maximum atomic E-state index is 8.66. The molecule has 0 aromatic heterocycles. The summed E-state index contributed by atoms with van der Waals surface area (Å²) >= 11 is 0. The second-order valence-corrected chi connectivity index (χ2v) is 3.33. The van der Waals surface area contributed by atoms with Crippen LogP contribution in [0.5, 0.6) is 5.75 Å². The fourth-order valence-electron chi connectivity index (χ4n) is 1.37. The predicted octanol–water partition coefficient (Wildman–Crippen LogP) is 1.35. The van der Waals surface area contributed by atoms with Gasteiger partial charge in [0, 0.05) is 12.1 Å². The Kier molecular flexibility index (Phi) is 3.92. The van der Waals surface area contributed by atoms with Gasteiger partial charge in [0.25, 0.3) is 0 Å². The van der Waals surface area contributed by atoms with Crippen molar-refractivity contribution in [1.82, 2.24) is 5.32 Å². The van der Waals surface area contributed by atoms with Gasteiger partial charge in [0.1, 0.15) is 5.75 Å². The third kappa shape index (κ3) is 2.47. The van der Waals surface area contributed by atoms with E-state index in [-0.39, 0.29) is 6.73 Å². The van der Waals surface area contributed by atoms with Crippen LogP contribution in [-0.4, -0.2) is 18.9 Å². The summed E-state index contributed by atoms with van der Waals surface area (Å²) in [6.45, 7) is 4.73. The maximum absolute atomic E-state index is 8.66. The molecule has 0 aliphatic rings. The van der Waals surface area contributed by atoms with E-state index in [1.54, 1.807) is 7.11 Å². The largest absolute Gasteiger partial charge is 0.496 e. The molecule has 0 spiro atoms. The van der Waals surface area contributed by atoms with E-state index in [2.05, 4.69) is 25.2 Å². The van der Waals surface area contributed by atoms with E-state index in [1.807, 2.05) is 6.07 Å². The third-order valence-corrected chi connectivity index (χ3v) is 2.32. The van der Waals surface area contributed by atoms with Gasteiger partial charge in [-0.05, 0) is 31.0 Å². The molecule has 0 unspecified atom stereocenters. The van der Waals surface area contributed by atoms with Crippen molar-refractivity contribution in [3.8, 4) is 5.75 Å². The summed E-state index contributed by atoms with van der Waals surface area (Å²) in [7, 11) is 1.66. The molecule has 0 saturated heterocycles. The summed E-state index contributed by atoms with van der Waals surface area (Å²) < 4.78 is 5.26. The minimum atomic E-state index is -0.0178. The lowest BCUT2D eigenvalue weighted by Crippen LogP contribution is -2.14. The van der Waals surface area contributed by atoms with Gasteiger partial charge in [-0.3, -0.25) is 5.32 Å². The molecule has 2 N–H and O–H groups in total. The number of hydrogen-bond donors (Lipinski definition) is 2. The van der Waals surface area contributed by atoms with Gasteiger partial charge in [-0.1, -0.05) is 6.07 Å². The monoisotopic (exact) mass is 195 g/mol. The van der Waals surface area contributed by atoms with Gasteiger partial charge in [-0.25, -0.2) is 0 Å². The van der Waals surface area contributed by atoms with Crippen molar-refractivity contribution in [2.24, 2.45) is 0 Å².